The van der Waals surface area contributed by atoms with Crippen LogP contribution < -0.4 is 10.5 Å². The molecule has 2 aromatic rings. The minimum atomic E-state index is -0.729. The van der Waals surface area contributed by atoms with Crippen LogP contribution in [0.4, 0.5) is 0 Å². The number of esters is 1. The molecule has 88 valence electrons. The highest BCUT2D eigenvalue weighted by Gasteiger charge is 2.18. The fourth-order valence-electron chi connectivity index (χ4n) is 1.22. The second kappa shape index (κ2) is 4.38. The lowest BCUT2D eigenvalue weighted by atomic mass is 10.4. The van der Waals surface area contributed by atoms with Crippen molar-refractivity contribution in [1.82, 2.24) is 9.97 Å². The average molecular weight is 251 g/mol. The lowest BCUT2D eigenvalue weighted by Crippen LogP contribution is -2.15. The largest absolute Gasteiger partial charge is 0.401 e. The van der Waals surface area contributed by atoms with Crippen LogP contribution >= 0.6 is 11.3 Å². The number of aromatic nitrogens is 2. The maximum Gasteiger partial charge on any atom is 0.355 e. The number of nitrogens with zero attached hydrogens (tertiary/aromatic N) is 1. The molecule has 0 bridgehead atoms. The molecule has 6 nitrogen and oxygen atoms in total. The van der Waals surface area contributed by atoms with Gasteiger partial charge >= 0.3 is 5.97 Å². The third kappa shape index (κ3) is 2.34. The summed E-state index contributed by atoms with van der Waals surface area (Å²) in [5, 5.41) is 0. The van der Waals surface area contributed by atoms with Gasteiger partial charge in [0.25, 0.3) is 11.8 Å². The Labute approximate surface area is 100 Å². The molecule has 0 fully saturated rings. The first-order chi connectivity index (χ1) is 8.08. The van der Waals surface area contributed by atoms with Crippen molar-refractivity contribution >= 4 is 23.2 Å². The van der Waals surface area contributed by atoms with Crippen molar-refractivity contribution in [3.05, 3.63) is 33.9 Å². The summed E-state index contributed by atoms with van der Waals surface area (Å²) in [4.78, 5) is 30.3. The lowest BCUT2D eigenvalue weighted by Gasteiger charge is -1.99. The van der Waals surface area contributed by atoms with E-state index in [-0.39, 0.29) is 11.6 Å². The molecule has 2 rings (SSSR count). The fraction of sp³-hybridized carbons (Fsp3) is 0.100. The highest BCUT2D eigenvalue weighted by Crippen LogP contribution is 2.19. The fourth-order valence-corrected chi connectivity index (χ4v) is 1.96. The molecule has 1 amide bonds. The second-order valence-corrected chi connectivity index (χ2v) is 4.53. The maximum absolute atomic E-state index is 11.7. The molecule has 0 aliphatic heterocycles. The first-order valence-corrected chi connectivity index (χ1v) is 5.51. The Morgan fingerprint density at radius 1 is 1.47 bits per heavy atom. The standard InChI is InChI=1S/C10H9N3O3S/c1-5-2-3-6(17-5)10(15)16-9-7(8(11)14)12-4-13-9/h2-4H,1H3,(H2,11,14)(H,12,13). The number of ether oxygens (including phenoxy) is 1. The summed E-state index contributed by atoms with van der Waals surface area (Å²) in [7, 11) is 0. The number of carbonyl (C=O) groups is 2. The Hall–Kier alpha value is -2.15. The third-order valence-corrected chi connectivity index (χ3v) is 2.96. The summed E-state index contributed by atoms with van der Waals surface area (Å²) in [5.74, 6) is -1.39. The van der Waals surface area contributed by atoms with Crippen LogP contribution in [0, 0.1) is 6.92 Å². The van der Waals surface area contributed by atoms with E-state index in [0.717, 1.165) is 4.88 Å². The minimum Gasteiger partial charge on any atom is -0.401 e. The van der Waals surface area contributed by atoms with Gasteiger partial charge in [0.1, 0.15) is 4.88 Å². The number of imidazole rings is 1. The number of primary amides is 1. The maximum atomic E-state index is 11.7. The number of rotatable bonds is 3. The Kier molecular flexibility index (Phi) is 2.92. The Balaban J connectivity index is 2.18. The van der Waals surface area contributed by atoms with Gasteiger partial charge in [-0.3, -0.25) is 4.79 Å². The Morgan fingerprint density at radius 3 is 2.82 bits per heavy atom. The van der Waals surface area contributed by atoms with Crippen LogP contribution in [0.15, 0.2) is 18.5 Å². The highest BCUT2D eigenvalue weighted by molar-refractivity contribution is 7.13. The van der Waals surface area contributed by atoms with E-state index in [1.165, 1.54) is 17.7 Å². The summed E-state index contributed by atoms with van der Waals surface area (Å²) in [5.41, 5.74) is 5.06. The van der Waals surface area contributed by atoms with Crippen molar-refractivity contribution in [2.75, 3.05) is 0 Å². The monoisotopic (exact) mass is 251 g/mol. The van der Waals surface area contributed by atoms with E-state index in [9.17, 15) is 9.59 Å². The number of amides is 1. The van der Waals surface area contributed by atoms with Gasteiger partial charge in [-0.05, 0) is 19.1 Å². The molecule has 0 aromatic carbocycles. The van der Waals surface area contributed by atoms with Gasteiger partial charge in [0, 0.05) is 4.88 Å². The first kappa shape index (κ1) is 11.3. The number of aromatic amines is 1. The molecule has 3 N–H and O–H groups in total. The molecule has 0 atom stereocenters. The number of carbonyl (C=O) groups excluding carboxylic acids is 2. The van der Waals surface area contributed by atoms with Crippen LogP contribution in [0.1, 0.15) is 25.0 Å². The number of hydrogen-bond acceptors (Lipinski definition) is 5. The molecule has 0 spiro atoms. The molecule has 7 heteroatoms. The zero-order chi connectivity index (χ0) is 12.4. The van der Waals surface area contributed by atoms with Crippen molar-refractivity contribution in [1.29, 1.82) is 0 Å². The van der Waals surface area contributed by atoms with Gasteiger partial charge in [0.2, 0.25) is 0 Å². The third-order valence-electron chi connectivity index (χ3n) is 1.98. The van der Waals surface area contributed by atoms with Crippen molar-refractivity contribution in [3.63, 3.8) is 0 Å². The topological polar surface area (TPSA) is 98.1 Å². The summed E-state index contributed by atoms with van der Waals surface area (Å²) >= 11 is 1.30. The van der Waals surface area contributed by atoms with Gasteiger partial charge in [-0.2, -0.15) is 0 Å². The molecule has 0 aliphatic carbocycles. The van der Waals surface area contributed by atoms with E-state index in [2.05, 4.69) is 9.97 Å². The molecule has 2 aromatic heterocycles. The smallest absolute Gasteiger partial charge is 0.355 e. The summed E-state index contributed by atoms with van der Waals surface area (Å²) in [6.45, 7) is 1.88. The molecule has 0 radical (unpaired) electrons. The molecule has 0 aliphatic rings. The predicted octanol–water partition coefficient (Wildman–Crippen LogP) is 1.10. The van der Waals surface area contributed by atoms with Gasteiger partial charge in [0.05, 0.1) is 6.33 Å². The quantitative estimate of drug-likeness (QED) is 0.798. The zero-order valence-electron chi connectivity index (χ0n) is 8.89. The van der Waals surface area contributed by atoms with Gasteiger partial charge in [-0.1, -0.05) is 0 Å². The number of aryl methyl sites for hydroxylation is 1. The first-order valence-electron chi connectivity index (χ1n) is 4.69. The number of nitrogens with one attached hydrogen (secondary N) is 1. The average Bonchev–Trinajstić information content (AvgIpc) is 2.86. The van der Waals surface area contributed by atoms with Gasteiger partial charge in [-0.15, -0.1) is 11.3 Å². The van der Waals surface area contributed by atoms with Crippen molar-refractivity contribution in [2.24, 2.45) is 5.73 Å². The van der Waals surface area contributed by atoms with E-state index in [0.29, 0.717) is 4.88 Å². The molecule has 0 saturated heterocycles. The molecule has 0 saturated carbocycles. The van der Waals surface area contributed by atoms with Crippen LogP contribution in [0.2, 0.25) is 0 Å². The molecular weight excluding hydrogens is 242 g/mol. The molecular formula is C10H9N3O3S. The van der Waals surface area contributed by atoms with Crippen LogP contribution in [0.5, 0.6) is 5.88 Å². The van der Waals surface area contributed by atoms with Gasteiger partial charge < -0.3 is 15.5 Å². The molecule has 2 heterocycles. The van der Waals surface area contributed by atoms with Crippen molar-refractivity contribution in [2.45, 2.75) is 6.92 Å². The van der Waals surface area contributed by atoms with E-state index in [4.69, 9.17) is 10.5 Å². The van der Waals surface area contributed by atoms with E-state index in [1.54, 1.807) is 12.1 Å². The predicted molar refractivity (Wildman–Crippen MR) is 61.1 cm³/mol. The van der Waals surface area contributed by atoms with Crippen LogP contribution in [0.3, 0.4) is 0 Å². The van der Waals surface area contributed by atoms with E-state index < -0.39 is 11.9 Å². The summed E-state index contributed by atoms with van der Waals surface area (Å²) in [6, 6.07) is 3.46. The van der Waals surface area contributed by atoms with E-state index in [1.807, 2.05) is 6.92 Å². The summed E-state index contributed by atoms with van der Waals surface area (Å²) in [6.07, 6.45) is 1.24. The SMILES string of the molecule is Cc1ccc(C(=O)Oc2nc[nH]c2C(N)=O)s1. The van der Waals surface area contributed by atoms with E-state index >= 15 is 0 Å². The van der Waals surface area contributed by atoms with Gasteiger partial charge in [-0.25, -0.2) is 9.78 Å². The Bertz CT molecular complexity index is 573. The zero-order valence-corrected chi connectivity index (χ0v) is 9.71. The van der Waals surface area contributed by atoms with Crippen molar-refractivity contribution in [3.8, 4) is 5.88 Å². The second-order valence-electron chi connectivity index (χ2n) is 3.25. The summed E-state index contributed by atoms with van der Waals surface area (Å²) < 4.78 is 4.97. The number of nitrogens with two attached hydrogens (primary N) is 1. The number of H-pyrrole nitrogens is 1. The number of hydrogen-bond donors (Lipinski definition) is 2. The van der Waals surface area contributed by atoms with Crippen LogP contribution in [-0.4, -0.2) is 21.8 Å². The highest BCUT2D eigenvalue weighted by atomic mass is 32.1. The van der Waals surface area contributed by atoms with Crippen LogP contribution in [-0.2, 0) is 0 Å². The molecule has 17 heavy (non-hydrogen) atoms. The Morgan fingerprint density at radius 2 is 2.24 bits per heavy atom. The molecule has 0 unspecified atom stereocenters. The van der Waals surface area contributed by atoms with Gasteiger partial charge in [0.15, 0.2) is 5.69 Å². The normalized spacial score (nSPS) is 10.2. The minimum absolute atomic E-state index is 0.0216. The van der Waals surface area contributed by atoms with Crippen LogP contribution in [0.25, 0.3) is 0 Å². The number of thiophene rings is 1. The lowest BCUT2D eigenvalue weighted by molar-refractivity contribution is 0.0731. The van der Waals surface area contributed by atoms with Crippen molar-refractivity contribution < 1.29 is 14.3 Å².